The number of benzene rings is 1. The van der Waals surface area contributed by atoms with Crippen molar-refractivity contribution >= 4 is 15.9 Å². The van der Waals surface area contributed by atoms with Gasteiger partial charge in [0.05, 0.1) is 0 Å². The highest BCUT2D eigenvalue weighted by Crippen LogP contribution is 2.23. The van der Waals surface area contributed by atoms with Crippen molar-refractivity contribution in [3.05, 3.63) is 34.3 Å². The van der Waals surface area contributed by atoms with Gasteiger partial charge in [0.15, 0.2) is 0 Å². The van der Waals surface area contributed by atoms with E-state index < -0.39 is 0 Å². The molecule has 1 aromatic carbocycles. The van der Waals surface area contributed by atoms with E-state index >= 15 is 0 Å². The lowest BCUT2D eigenvalue weighted by Gasteiger charge is -2.26. The van der Waals surface area contributed by atoms with Gasteiger partial charge in [0.2, 0.25) is 0 Å². The van der Waals surface area contributed by atoms with Crippen LogP contribution in [0.25, 0.3) is 0 Å². The van der Waals surface area contributed by atoms with E-state index in [-0.39, 0.29) is 0 Å². The van der Waals surface area contributed by atoms with Crippen LogP contribution >= 0.6 is 15.9 Å². The van der Waals surface area contributed by atoms with E-state index in [9.17, 15) is 0 Å². The Hall–Kier alpha value is -0.340. The largest absolute Gasteiger partial charge is 0.314 e. The smallest absolute Gasteiger partial charge is 0.0175 e. The summed E-state index contributed by atoms with van der Waals surface area (Å²) in [5, 5.41) is 3.59. The molecule has 2 heteroatoms. The van der Waals surface area contributed by atoms with E-state index in [1.54, 1.807) is 0 Å². The zero-order valence-electron chi connectivity index (χ0n) is 11.4. The lowest BCUT2D eigenvalue weighted by molar-refractivity contribution is 0.309. The first kappa shape index (κ1) is 14.7. The molecule has 0 amide bonds. The molecule has 0 saturated heterocycles. The minimum absolute atomic E-state index is 0.377. The van der Waals surface area contributed by atoms with E-state index in [4.69, 9.17) is 0 Å². The number of rotatable bonds is 5. The van der Waals surface area contributed by atoms with Crippen molar-refractivity contribution in [3.63, 3.8) is 0 Å². The van der Waals surface area contributed by atoms with Crippen LogP contribution < -0.4 is 5.32 Å². The minimum atomic E-state index is 0.377. The Morgan fingerprint density at radius 3 is 2.24 bits per heavy atom. The molecule has 1 rings (SSSR count). The monoisotopic (exact) mass is 297 g/mol. The SMILES string of the molecule is CCNC(Cc1ccc(Br)cc1)CC(C)(C)C. The molecule has 0 saturated carbocycles. The molecule has 0 bridgehead atoms. The van der Waals surface area contributed by atoms with Gasteiger partial charge < -0.3 is 5.32 Å². The molecular formula is C15H24BrN. The van der Waals surface area contributed by atoms with Crippen molar-refractivity contribution in [1.82, 2.24) is 5.32 Å². The second-order valence-corrected chi connectivity index (χ2v) is 6.77. The maximum absolute atomic E-state index is 3.59. The van der Waals surface area contributed by atoms with E-state index in [1.165, 1.54) is 12.0 Å². The number of hydrogen-bond donors (Lipinski definition) is 1. The third-order valence-corrected chi connectivity index (χ3v) is 3.28. The molecular weight excluding hydrogens is 274 g/mol. The molecule has 1 atom stereocenters. The fourth-order valence-corrected chi connectivity index (χ4v) is 2.41. The summed E-state index contributed by atoms with van der Waals surface area (Å²) in [6.45, 7) is 10.1. The Labute approximate surface area is 114 Å². The van der Waals surface area contributed by atoms with Crippen LogP contribution in [0, 0.1) is 5.41 Å². The van der Waals surface area contributed by atoms with E-state index in [2.05, 4.69) is 73.2 Å². The van der Waals surface area contributed by atoms with Gasteiger partial charge in [-0.25, -0.2) is 0 Å². The quantitative estimate of drug-likeness (QED) is 0.849. The van der Waals surface area contributed by atoms with Gasteiger partial charge in [-0.05, 0) is 42.5 Å². The lowest BCUT2D eigenvalue weighted by atomic mass is 9.86. The average molecular weight is 298 g/mol. The minimum Gasteiger partial charge on any atom is -0.314 e. The molecule has 0 aliphatic heterocycles. The molecule has 0 fully saturated rings. The maximum Gasteiger partial charge on any atom is 0.0175 e. The first-order chi connectivity index (χ1) is 7.90. The molecule has 96 valence electrons. The summed E-state index contributed by atoms with van der Waals surface area (Å²) in [6, 6.07) is 9.22. The highest BCUT2D eigenvalue weighted by atomic mass is 79.9. The van der Waals surface area contributed by atoms with Gasteiger partial charge in [0, 0.05) is 10.5 Å². The average Bonchev–Trinajstić information content (AvgIpc) is 2.19. The number of hydrogen-bond acceptors (Lipinski definition) is 1. The van der Waals surface area contributed by atoms with Crippen LogP contribution in [0.3, 0.4) is 0 Å². The molecule has 1 aromatic rings. The summed E-state index contributed by atoms with van der Waals surface area (Å²) in [6.07, 6.45) is 2.31. The normalized spacial score (nSPS) is 13.7. The Morgan fingerprint density at radius 1 is 1.18 bits per heavy atom. The van der Waals surface area contributed by atoms with Crippen LogP contribution in [0.2, 0.25) is 0 Å². The Balaban J connectivity index is 2.63. The Kier molecular flexibility index (Phi) is 5.68. The van der Waals surface area contributed by atoms with Crippen molar-refractivity contribution in [2.45, 2.75) is 46.6 Å². The third kappa shape index (κ3) is 6.23. The fraction of sp³-hybridized carbons (Fsp3) is 0.600. The zero-order chi connectivity index (χ0) is 12.9. The van der Waals surface area contributed by atoms with Crippen molar-refractivity contribution in [3.8, 4) is 0 Å². The standard InChI is InChI=1S/C15H24BrN/c1-5-17-14(11-15(2,3)4)10-12-6-8-13(16)9-7-12/h6-9,14,17H,5,10-11H2,1-4H3. The van der Waals surface area contributed by atoms with Gasteiger partial charge in [0.1, 0.15) is 0 Å². The highest BCUT2D eigenvalue weighted by molar-refractivity contribution is 9.10. The molecule has 1 unspecified atom stereocenters. The second kappa shape index (κ2) is 6.55. The predicted octanol–water partition coefficient (Wildman–Crippen LogP) is 4.41. The summed E-state index contributed by atoms with van der Waals surface area (Å²) in [7, 11) is 0. The Bertz CT molecular complexity index is 324. The topological polar surface area (TPSA) is 12.0 Å². The maximum atomic E-state index is 3.59. The molecule has 0 radical (unpaired) electrons. The van der Waals surface area contributed by atoms with Crippen LogP contribution in [-0.4, -0.2) is 12.6 Å². The van der Waals surface area contributed by atoms with Crippen molar-refractivity contribution in [2.75, 3.05) is 6.54 Å². The van der Waals surface area contributed by atoms with Gasteiger partial charge in [-0.3, -0.25) is 0 Å². The van der Waals surface area contributed by atoms with Crippen LogP contribution in [0.5, 0.6) is 0 Å². The first-order valence-electron chi connectivity index (χ1n) is 6.38. The first-order valence-corrected chi connectivity index (χ1v) is 7.18. The van der Waals surface area contributed by atoms with Crippen molar-refractivity contribution in [2.24, 2.45) is 5.41 Å². The lowest BCUT2D eigenvalue weighted by Crippen LogP contribution is -2.34. The molecule has 1 N–H and O–H groups in total. The molecule has 0 aliphatic rings. The third-order valence-electron chi connectivity index (χ3n) is 2.75. The summed E-state index contributed by atoms with van der Waals surface area (Å²) < 4.78 is 1.15. The highest BCUT2D eigenvalue weighted by Gasteiger charge is 2.18. The fourth-order valence-electron chi connectivity index (χ4n) is 2.15. The molecule has 1 nitrogen and oxygen atoms in total. The Morgan fingerprint density at radius 2 is 1.76 bits per heavy atom. The summed E-state index contributed by atoms with van der Waals surface area (Å²) >= 11 is 3.48. The van der Waals surface area contributed by atoms with E-state index in [1.807, 2.05) is 0 Å². The van der Waals surface area contributed by atoms with Gasteiger partial charge in [0.25, 0.3) is 0 Å². The second-order valence-electron chi connectivity index (χ2n) is 5.85. The van der Waals surface area contributed by atoms with Gasteiger partial charge in [-0.2, -0.15) is 0 Å². The molecule has 17 heavy (non-hydrogen) atoms. The molecule has 0 spiro atoms. The van der Waals surface area contributed by atoms with E-state index in [0.717, 1.165) is 17.4 Å². The molecule has 0 heterocycles. The molecule has 0 aromatic heterocycles. The number of halogens is 1. The van der Waals surface area contributed by atoms with Crippen molar-refractivity contribution in [1.29, 1.82) is 0 Å². The zero-order valence-corrected chi connectivity index (χ0v) is 13.0. The van der Waals surface area contributed by atoms with Crippen LogP contribution in [0.1, 0.15) is 39.7 Å². The van der Waals surface area contributed by atoms with Gasteiger partial charge >= 0.3 is 0 Å². The van der Waals surface area contributed by atoms with Crippen LogP contribution in [0.15, 0.2) is 28.7 Å². The number of nitrogens with one attached hydrogen (secondary N) is 1. The summed E-state index contributed by atoms with van der Waals surface area (Å²) in [5.41, 5.74) is 1.78. The predicted molar refractivity (Wildman–Crippen MR) is 79.4 cm³/mol. The van der Waals surface area contributed by atoms with Crippen molar-refractivity contribution < 1.29 is 0 Å². The van der Waals surface area contributed by atoms with Crippen LogP contribution in [-0.2, 0) is 6.42 Å². The van der Waals surface area contributed by atoms with Gasteiger partial charge in [-0.1, -0.05) is 55.8 Å². The molecule has 0 aliphatic carbocycles. The van der Waals surface area contributed by atoms with Gasteiger partial charge in [-0.15, -0.1) is 0 Å². The van der Waals surface area contributed by atoms with Crippen LogP contribution in [0.4, 0.5) is 0 Å². The van der Waals surface area contributed by atoms with E-state index in [0.29, 0.717) is 11.5 Å². The number of likely N-dealkylation sites (N-methyl/N-ethyl adjacent to an activating group) is 1. The summed E-state index contributed by atoms with van der Waals surface area (Å²) in [4.78, 5) is 0. The summed E-state index contributed by atoms with van der Waals surface area (Å²) in [5.74, 6) is 0.